The van der Waals surface area contributed by atoms with Gasteiger partial charge in [0.15, 0.2) is 5.65 Å². The molecule has 0 saturated carbocycles. The van der Waals surface area contributed by atoms with Gasteiger partial charge < -0.3 is 15.3 Å². The molecule has 0 atom stereocenters. The summed E-state index contributed by atoms with van der Waals surface area (Å²) in [5.41, 5.74) is 3.02. The smallest absolute Gasteiger partial charge is 0.226 e. The molecule has 1 amide bonds. The van der Waals surface area contributed by atoms with Crippen LogP contribution in [0.3, 0.4) is 0 Å². The number of rotatable bonds is 8. The van der Waals surface area contributed by atoms with E-state index in [9.17, 15) is 9.90 Å². The fraction of sp³-hybridized carbons (Fsp3) is 0.227. The number of amides is 1. The number of para-hydroxylation sites is 1. The van der Waals surface area contributed by atoms with Crippen LogP contribution >= 0.6 is 27.3 Å². The van der Waals surface area contributed by atoms with Crippen LogP contribution in [0.5, 0.6) is 5.75 Å². The van der Waals surface area contributed by atoms with E-state index in [0.717, 1.165) is 22.3 Å². The SMILES string of the molecule is CN(CCCNc1cc(-c2ccccc2O)nc2c(Br)cnn12)C(=O)Cc1ccsc1. The lowest BCUT2D eigenvalue weighted by atomic mass is 10.1. The molecule has 0 unspecified atom stereocenters. The van der Waals surface area contributed by atoms with Gasteiger partial charge in [-0.3, -0.25) is 4.79 Å². The highest BCUT2D eigenvalue weighted by Crippen LogP contribution is 2.31. The minimum absolute atomic E-state index is 0.113. The lowest BCUT2D eigenvalue weighted by molar-refractivity contribution is -0.129. The van der Waals surface area contributed by atoms with Gasteiger partial charge in [-0.2, -0.15) is 21.0 Å². The number of likely N-dealkylation sites (N-methyl/N-ethyl adjacent to an activating group) is 1. The van der Waals surface area contributed by atoms with E-state index in [1.165, 1.54) is 0 Å². The van der Waals surface area contributed by atoms with E-state index in [0.29, 0.717) is 36.4 Å². The molecule has 3 aromatic heterocycles. The van der Waals surface area contributed by atoms with E-state index in [4.69, 9.17) is 0 Å². The van der Waals surface area contributed by atoms with Crippen LogP contribution in [0.4, 0.5) is 5.82 Å². The number of nitrogens with one attached hydrogen (secondary N) is 1. The number of hydrogen-bond donors (Lipinski definition) is 2. The van der Waals surface area contributed by atoms with Gasteiger partial charge in [-0.1, -0.05) is 12.1 Å². The van der Waals surface area contributed by atoms with Crippen molar-refractivity contribution < 1.29 is 9.90 Å². The summed E-state index contributed by atoms with van der Waals surface area (Å²) in [5.74, 6) is 1.05. The van der Waals surface area contributed by atoms with Gasteiger partial charge in [0.1, 0.15) is 11.6 Å². The third kappa shape index (κ3) is 4.88. The quantitative estimate of drug-likeness (QED) is 0.350. The van der Waals surface area contributed by atoms with E-state index < -0.39 is 0 Å². The summed E-state index contributed by atoms with van der Waals surface area (Å²) >= 11 is 5.09. The number of phenols is 1. The minimum atomic E-state index is 0.113. The summed E-state index contributed by atoms with van der Waals surface area (Å²) in [4.78, 5) is 18.8. The van der Waals surface area contributed by atoms with Crippen molar-refractivity contribution in [3.8, 4) is 17.0 Å². The summed E-state index contributed by atoms with van der Waals surface area (Å²) in [6, 6.07) is 11.0. The predicted molar refractivity (Wildman–Crippen MR) is 127 cm³/mol. The topological polar surface area (TPSA) is 82.8 Å². The van der Waals surface area contributed by atoms with Crippen LogP contribution in [0, 0.1) is 0 Å². The minimum Gasteiger partial charge on any atom is -0.507 e. The highest BCUT2D eigenvalue weighted by atomic mass is 79.9. The second-order valence-electron chi connectivity index (χ2n) is 7.18. The monoisotopic (exact) mass is 499 g/mol. The zero-order valence-electron chi connectivity index (χ0n) is 17.0. The molecule has 31 heavy (non-hydrogen) atoms. The summed E-state index contributed by atoms with van der Waals surface area (Å²) in [5, 5.41) is 22.0. The third-order valence-electron chi connectivity index (χ3n) is 4.95. The van der Waals surface area contributed by atoms with E-state index >= 15 is 0 Å². The Bertz CT molecular complexity index is 1190. The van der Waals surface area contributed by atoms with Crippen LogP contribution in [-0.4, -0.2) is 50.6 Å². The van der Waals surface area contributed by atoms with Gasteiger partial charge in [-0.15, -0.1) is 0 Å². The number of fused-ring (bicyclic) bond motifs is 1. The summed E-state index contributed by atoms with van der Waals surface area (Å²) in [6.07, 6.45) is 2.91. The number of aromatic hydroxyl groups is 1. The number of halogens is 1. The van der Waals surface area contributed by atoms with Gasteiger partial charge in [0, 0.05) is 31.8 Å². The molecule has 7 nitrogen and oxygen atoms in total. The number of phenolic OH excluding ortho intramolecular Hbond substituents is 1. The Morgan fingerprint density at radius 2 is 2.16 bits per heavy atom. The van der Waals surface area contributed by atoms with Crippen molar-refractivity contribution in [1.29, 1.82) is 0 Å². The van der Waals surface area contributed by atoms with Crippen LogP contribution < -0.4 is 5.32 Å². The summed E-state index contributed by atoms with van der Waals surface area (Å²) in [7, 11) is 1.83. The third-order valence-corrected chi connectivity index (χ3v) is 6.24. The predicted octanol–water partition coefficient (Wildman–Crippen LogP) is 4.43. The van der Waals surface area contributed by atoms with Gasteiger partial charge in [0.2, 0.25) is 5.91 Å². The maximum absolute atomic E-state index is 12.3. The maximum Gasteiger partial charge on any atom is 0.226 e. The average Bonchev–Trinajstić information content (AvgIpc) is 3.41. The molecule has 1 aromatic carbocycles. The first-order valence-corrected chi connectivity index (χ1v) is 11.6. The molecule has 0 aliphatic rings. The number of carbonyl (C=O) groups is 1. The molecular weight excluding hydrogens is 478 g/mol. The molecule has 2 N–H and O–H groups in total. The number of carbonyl (C=O) groups excluding carboxylic acids is 1. The van der Waals surface area contributed by atoms with E-state index in [-0.39, 0.29) is 11.7 Å². The Hall–Kier alpha value is -2.91. The molecule has 0 spiro atoms. The number of nitrogens with zero attached hydrogens (tertiary/aromatic N) is 4. The summed E-state index contributed by atoms with van der Waals surface area (Å²) < 4.78 is 2.49. The van der Waals surface area contributed by atoms with Crippen LogP contribution in [0.15, 0.2) is 57.8 Å². The first kappa shape index (κ1) is 21.3. The second kappa shape index (κ2) is 9.49. The maximum atomic E-state index is 12.3. The standard InChI is InChI=1S/C22H22BrN5O2S/c1-27(21(30)11-15-7-10-31-14-15)9-4-8-24-20-12-18(16-5-2-3-6-19(16)29)26-22-17(23)13-25-28(20)22/h2-3,5-7,10,12-14,24,29H,4,8-9,11H2,1H3. The van der Waals surface area contributed by atoms with Gasteiger partial charge in [-0.25, -0.2) is 4.98 Å². The van der Waals surface area contributed by atoms with Crippen molar-refractivity contribution in [2.75, 3.05) is 25.5 Å². The van der Waals surface area contributed by atoms with Crippen molar-refractivity contribution in [2.24, 2.45) is 0 Å². The van der Waals surface area contributed by atoms with Crippen LogP contribution in [0.1, 0.15) is 12.0 Å². The van der Waals surface area contributed by atoms with Gasteiger partial charge in [-0.05, 0) is 56.9 Å². The molecule has 0 radical (unpaired) electrons. The molecule has 4 rings (SSSR count). The molecule has 0 saturated heterocycles. The van der Waals surface area contributed by atoms with Crippen molar-refractivity contribution >= 4 is 44.6 Å². The number of thiophene rings is 1. The molecular formula is C22H22BrN5O2S. The van der Waals surface area contributed by atoms with Crippen molar-refractivity contribution in [2.45, 2.75) is 12.8 Å². The Labute approximate surface area is 192 Å². The number of aromatic nitrogens is 3. The van der Waals surface area contributed by atoms with Crippen LogP contribution in [-0.2, 0) is 11.2 Å². The Morgan fingerprint density at radius 3 is 2.94 bits per heavy atom. The van der Waals surface area contributed by atoms with Crippen molar-refractivity contribution in [3.63, 3.8) is 0 Å². The van der Waals surface area contributed by atoms with Crippen LogP contribution in [0.2, 0.25) is 0 Å². The zero-order chi connectivity index (χ0) is 21.8. The van der Waals surface area contributed by atoms with Crippen molar-refractivity contribution in [3.05, 3.63) is 63.4 Å². The number of hydrogen-bond acceptors (Lipinski definition) is 6. The lowest BCUT2D eigenvalue weighted by Crippen LogP contribution is -2.30. The highest BCUT2D eigenvalue weighted by molar-refractivity contribution is 9.10. The molecule has 4 aromatic rings. The first-order chi connectivity index (χ1) is 15.0. The molecule has 0 bridgehead atoms. The average molecular weight is 500 g/mol. The fourth-order valence-corrected chi connectivity index (χ4v) is 4.27. The van der Waals surface area contributed by atoms with Crippen molar-refractivity contribution in [1.82, 2.24) is 19.5 Å². The van der Waals surface area contributed by atoms with E-state index in [1.807, 2.05) is 42.1 Å². The highest BCUT2D eigenvalue weighted by Gasteiger charge is 2.14. The number of anilines is 1. The van der Waals surface area contributed by atoms with Gasteiger partial charge >= 0.3 is 0 Å². The lowest BCUT2D eigenvalue weighted by Gasteiger charge is -2.17. The Morgan fingerprint density at radius 1 is 1.32 bits per heavy atom. The first-order valence-electron chi connectivity index (χ1n) is 9.84. The molecule has 9 heteroatoms. The zero-order valence-corrected chi connectivity index (χ0v) is 19.4. The molecule has 0 aliphatic carbocycles. The molecule has 0 aliphatic heterocycles. The Balaban J connectivity index is 1.43. The molecule has 0 fully saturated rings. The molecule has 160 valence electrons. The van der Waals surface area contributed by atoms with Gasteiger partial charge in [0.05, 0.1) is 22.8 Å². The number of benzene rings is 1. The summed E-state index contributed by atoms with van der Waals surface area (Å²) in [6.45, 7) is 1.31. The van der Waals surface area contributed by atoms with Gasteiger partial charge in [0.25, 0.3) is 0 Å². The van der Waals surface area contributed by atoms with E-state index in [1.54, 1.807) is 39.1 Å². The second-order valence-corrected chi connectivity index (χ2v) is 8.81. The largest absolute Gasteiger partial charge is 0.507 e. The normalized spacial score (nSPS) is 11.0. The Kier molecular flexibility index (Phi) is 6.53. The van der Waals surface area contributed by atoms with Crippen LogP contribution in [0.25, 0.3) is 16.9 Å². The molecule has 3 heterocycles. The van der Waals surface area contributed by atoms with E-state index in [2.05, 4.69) is 31.3 Å². The fourth-order valence-electron chi connectivity index (χ4n) is 3.25.